The average Bonchev–Trinajstić information content (AvgIpc) is 3.13. The maximum atomic E-state index is 14.5. The molecule has 2 aliphatic heterocycles. The first-order valence-corrected chi connectivity index (χ1v) is 22.8. The minimum atomic E-state index is -3.88. The van der Waals surface area contributed by atoms with E-state index in [1.165, 1.54) is 0 Å². The zero-order chi connectivity index (χ0) is 39.4. The van der Waals surface area contributed by atoms with E-state index in [4.69, 9.17) is 13.9 Å². The van der Waals surface area contributed by atoms with E-state index in [0.717, 1.165) is 22.4 Å². The third kappa shape index (κ3) is 8.78. The highest BCUT2D eigenvalue weighted by molar-refractivity contribution is 7.89. The standard InChI is InChI=1S/C42H58N2O8SSi/c1-28(2)54(29(3)4,30(5)6)52-39-26-43(53(48,49)36-19-10-31(7)11-20-36)25-35(41(39)33-15-17-34(18-16-33)42(46)47)14-12-32-13-21-38-37(24-32)44(22-9-23-50-8)40(45)27-51-38/h10-11,13,15-21,24,28-30,35,39,41H,9,12,14,22-23,25-27H2,1-8H3,(H,46,47)/t35-,39?,41?/m0/s1. The summed E-state index contributed by atoms with van der Waals surface area (Å²) in [5, 5.41) is 9.73. The summed E-state index contributed by atoms with van der Waals surface area (Å²) in [5.41, 5.74) is 4.66. The van der Waals surface area contributed by atoms with Gasteiger partial charge in [0.05, 0.1) is 22.3 Å². The number of hydrogen-bond acceptors (Lipinski definition) is 7. The summed E-state index contributed by atoms with van der Waals surface area (Å²) in [4.78, 5) is 26.8. The number of nitrogens with zero attached hydrogens (tertiary/aromatic N) is 2. The number of carboxylic acid groups (broad SMARTS) is 1. The minimum Gasteiger partial charge on any atom is -0.482 e. The highest BCUT2D eigenvalue weighted by atomic mass is 32.2. The second-order valence-electron chi connectivity index (χ2n) is 15.8. The van der Waals surface area contributed by atoms with Gasteiger partial charge in [0.15, 0.2) is 6.61 Å². The molecule has 12 heteroatoms. The van der Waals surface area contributed by atoms with Crippen molar-refractivity contribution in [1.82, 2.24) is 4.31 Å². The second-order valence-corrected chi connectivity index (χ2v) is 23.2. The van der Waals surface area contributed by atoms with Gasteiger partial charge in [0.2, 0.25) is 18.3 Å². The lowest BCUT2D eigenvalue weighted by Crippen LogP contribution is -2.58. The van der Waals surface area contributed by atoms with Gasteiger partial charge in [0.1, 0.15) is 5.75 Å². The van der Waals surface area contributed by atoms with Crippen molar-refractivity contribution in [3.63, 3.8) is 0 Å². The molecule has 0 spiro atoms. The molecule has 2 aliphatic rings. The van der Waals surface area contributed by atoms with Gasteiger partial charge in [-0.05, 0) is 96.3 Å². The Balaban J connectivity index is 1.58. The molecule has 3 aromatic carbocycles. The molecule has 0 saturated carbocycles. The van der Waals surface area contributed by atoms with Gasteiger partial charge in [-0.25, -0.2) is 13.2 Å². The third-order valence-corrected chi connectivity index (χ3v) is 19.5. The number of aromatic carboxylic acids is 1. The molecule has 294 valence electrons. The van der Waals surface area contributed by atoms with E-state index in [-0.39, 0.29) is 64.5 Å². The predicted molar refractivity (Wildman–Crippen MR) is 215 cm³/mol. The van der Waals surface area contributed by atoms with E-state index in [9.17, 15) is 23.1 Å². The smallest absolute Gasteiger partial charge is 0.335 e. The highest BCUT2D eigenvalue weighted by Gasteiger charge is 2.51. The first kappa shape index (κ1) is 41.6. The van der Waals surface area contributed by atoms with Crippen LogP contribution in [0.25, 0.3) is 0 Å². The van der Waals surface area contributed by atoms with Gasteiger partial charge in [0.25, 0.3) is 5.91 Å². The topological polar surface area (TPSA) is 123 Å². The van der Waals surface area contributed by atoms with Crippen LogP contribution >= 0.6 is 0 Å². The molecule has 10 nitrogen and oxygen atoms in total. The van der Waals surface area contributed by atoms with Crippen molar-refractivity contribution in [3.8, 4) is 5.75 Å². The fourth-order valence-corrected chi connectivity index (χ4v) is 15.9. The van der Waals surface area contributed by atoms with Crippen molar-refractivity contribution in [3.05, 3.63) is 89.0 Å². The number of carbonyl (C=O) groups excluding carboxylic acids is 1. The summed E-state index contributed by atoms with van der Waals surface area (Å²) in [5.74, 6) is -0.816. The van der Waals surface area contributed by atoms with Gasteiger partial charge in [0, 0.05) is 39.3 Å². The summed E-state index contributed by atoms with van der Waals surface area (Å²) in [6, 6.07) is 20.0. The van der Waals surface area contributed by atoms with Crippen molar-refractivity contribution in [2.45, 2.75) is 101 Å². The number of carbonyl (C=O) groups is 2. The van der Waals surface area contributed by atoms with E-state index in [1.54, 1.807) is 40.6 Å². The number of carboxylic acids is 1. The first-order chi connectivity index (χ1) is 25.6. The van der Waals surface area contributed by atoms with Crippen LogP contribution in [0.5, 0.6) is 5.75 Å². The summed E-state index contributed by atoms with van der Waals surface area (Å²) in [6.07, 6.45) is 1.47. The predicted octanol–water partition coefficient (Wildman–Crippen LogP) is 8.05. The van der Waals surface area contributed by atoms with Gasteiger partial charge in [-0.1, -0.05) is 77.4 Å². The number of piperidine rings is 1. The number of aryl methyl sites for hydroxylation is 2. The molecule has 0 radical (unpaired) electrons. The summed E-state index contributed by atoms with van der Waals surface area (Å²) < 4.78 is 49.2. The van der Waals surface area contributed by atoms with Crippen LogP contribution in [0, 0.1) is 12.8 Å². The Hall–Kier alpha value is -3.55. The van der Waals surface area contributed by atoms with E-state index in [1.807, 2.05) is 49.4 Å². The quantitative estimate of drug-likeness (QED) is 0.115. The molecule has 3 atom stereocenters. The summed E-state index contributed by atoms with van der Waals surface area (Å²) in [7, 11) is -4.77. The minimum absolute atomic E-state index is 0.00956. The van der Waals surface area contributed by atoms with Crippen LogP contribution in [0.4, 0.5) is 5.69 Å². The zero-order valence-electron chi connectivity index (χ0n) is 33.1. The maximum absolute atomic E-state index is 14.5. The third-order valence-electron chi connectivity index (χ3n) is 11.5. The van der Waals surface area contributed by atoms with Crippen molar-refractivity contribution < 1.29 is 37.0 Å². The number of benzene rings is 3. The fraction of sp³-hybridized carbons (Fsp3) is 0.524. The molecule has 0 aliphatic carbocycles. The van der Waals surface area contributed by atoms with Gasteiger partial charge in [-0.15, -0.1) is 0 Å². The second kappa shape index (κ2) is 17.5. The normalized spacial score (nSPS) is 19.7. The van der Waals surface area contributed by atoms with Crippen LogP contribution < -0.4 is 9.64 Å². The molecule has 2 heterocycles. The van der Waals surface area contributed by atoms with E-state index in [0.29, 0.717) is 38.2 Å². The van der Waals surface area contributed by atoms with Crippen molar-refractivity contribution in [2.75, 3.05) is 44.9 Å². The Labute approximate surface area is 323 Å². The van der Waals surface area contributed by atoms with Crippen LogP contribution in [0.3, 0.4) is 0 Å². The Morgan fingerprint density at radius 3 is 2.19 bits per heavy atom. The molecule has 1 N–H and O–H groups in total. The molecule has 54 heavy (non-hydrogen) atoms. The number of amides is 1. The molecular formula is C42H58N2O8SSi. The van der Waals surface area contributed by atoms with Crippen LogP contribution in [0.15, 0.2) is 71.6 Å². The SMILES string of the molecule is COCCCN1C(=O)COc2ccc(CC[C@H]3CN(S(=O)(=O)c4ccc(C)cc4)CC(O[Si](C(C)C)(C(C)C)C(C)C)C3c3ccc(C(=O)O)cc3)cc21. The fourth-order valence-electron chi connectivity index (χ4n) is 8.88. The molecule has 0 aromatic heterocycles. The molecular weight excluding hydrogens is 721 g/mol. The van der Waals surface area contributed by atoms with E-state index < -0.39 is 30.4 Å². The molecule has 5 rings (SSSR count). The molecule has 0 bridgehead atoms. The van der Waals surface area contributed by atoms with E-state index >= 15 is 0 Å². The monoisotopic (exact) mass is 778 g/mol. The van der Waals surface area contributed by atoms with Gasteiger partial charge in [-0.3, -0.25) is 4.79 Å². The van der Waals surface area contributed by atoms with Crippen molar-refractivity contribution in [1.29, 1.82) is 0 Å². The van der Waals surface area contributed by atoms with Crippen molar-refractivity contribution in [2.24, 2.45) is 5.92 Å². The Morgan fingerprint density at radius 1 is 0.944 bits per heavy atom. The van der Waals surface area contributed by atoms with Crippen molar-refractivity contribution >= 4 is 35.9 Å². The molecule has 1 fully saturated rings. The maximum Gasteiger partial charge on any atom is 0.335 e. The number of hydrogen-bond donors (Lipinski definition) is 1. The first-order valence-electron chi connectivity index (χ1n) is 19.2. The molecule has 1 saturated heterocycles. The summed E-state index contributed by atoms with van der Waals surface area (Å²) >= 11 is 0. The van der Waals surface area contributed by atoms with Gasteiger partial charge in [-0.2, -0.15) is 4.31 Å². The Morgan fingerprint density at radius 2 is 1.59 bits per heavy atom. The summed E-state index contributed by atoms with van der Waals surface area (Å²) in [6.45, 7) is 16.8. The Bertz CT molecular complexity index is 1840. The average molecular weight is 779 g/mol. The lowest BCUT2D eigenvalue weighted by atomic mass is 9.76. The van der Waals surface area contributed by atoms with Crippen LogP contribution in [0.2, 0.25) is 16.6 Å². The van der Waals surface area contributed by atoms with Crippen LogP contribution in [-0.2, 0) is 30.4 Å². The Kier molecular flexibility index (Phi) is 13.5. The number of fused-ring (bicyclic) bond motifs is 1. The largest absolute Gasteiger partial charge is 0.482 e. The number of anilines is 1. The van der Waals surface area contributed by atoms with Crippen LogP contribution in [-0.4, -0.2) is 84.1 Å². The lowest BCUT2D eigenvalue weighted by molar-refractivity contribution is -0.121. The number of methoxy groups -OCH3 is 1. The van der Waals surface area contributed by atoms with Gasteiger partial charge >= 0.3 is 5.97 Å². The van der Waals surface area contributed by atoms with Crippen LogP contribution in [0.1, 0.15) is 87.4 Å². The van der Waals surface area contributed by atoms with Gasteiger partial charge < -0.3 is 23.9 Å². The number of sulfonamides is 1. The molecule has 2 unspecified atom stereocenters. The molecule has 3 aromatic rings. The zero-order valence-corrected chi connectivity index (χ0v) is 34.9. The van der Waals surface area contributed by atoms with E-state index in [2.05, 4.69) is 41.5 Å². The lowest BCUT2D eigenvalue weighted by Gasteiger charge is -2.50. The number of rotatable bonds is 16. The molecule has 1 amide bonds. The highest BCUT2D eigenvalue weighted by Crippen LogP contribution is 2.48. The number of ether oxygens (including phenoxy) is 2.